The Balaban J connectivity index is 2.86. The first kappa shape index (κ1) is 5.61. The van der Waals surface area contributed by atoms with Crippen molar-refractivity contribution >= 4 is 21.7 Å². The molecule has 0 aliphatic carbocycles. The molecule has 0 radical (unpaired) electrons. The standard InChI is InChI=1S/C6H4N2OS/c9-4-1-6-5(7-2-4)3-8-10-6/h1-3,9H. The second kappa shape index (κ2) is 1.91. The smallest absolute Gasteiger partial charge is 0.135 e. The van der Waals surface area contributed by atoms with Crippen LogP contribution in [0, 0.1) is 0 Å². The lowest BCUT2D eigenvalue weighted by atomic mass is 10.4. The van der Waals surface area contributed by atoms with E-state index in [0.29, 0.717) is 0 Å². The Hall–Kier alpha value is -1.16. The van der Waals surface area contributed by atoms with Gasteiger partial charge in [-0.15, -0.1) is 0 Å². The Morgan fingerprint density at radius 2 is 2.30 bits per heavy atom. The third-order valence-electron chi connectivity index (χ3n) is 1.19. The van der Waals surface area contributed by atoms with Gasteiger partial charge in [0.1, 0.15) is 11.3 Å². The number of aromatic nitrogens is 2. The van der Waals surface area contributed by atoms with Crippen molar-refractivity contribution in [1.29, 1.82) is 0 Å². The van der Waals surface area contributed by atoms with E-state index in [0.717, 1.165) is 10.2 Å². The third-order valence-corrected chi connectivity index (χ3v) is 1.93. The van der Waals surface area contributed by atoms with Crippen molar-refractivity contribution in [2.24, 2.45) is 0 Å². The van der Waals surface area contributed by atoms with Gasteiger partial charge in [-0.05, 0) is 11.5 Å². The van der Waals surface area contributed by atoms with Crippen molar-refractivity contribution in [3.05, 3.63) is 18.5 Å². The van der Waals surface area contributed by atoms with E-state index < -0.39 is 0 Å². The van der Waals surface area contributed by atoms with Crippen LogP contribution in [-0.2, 0) is 0 Å². The van der Waals surface area contributed by atoms with E-state index in [9.17, 15) is 0 Å². The molecule has 0 bridgehead atoms. The Kier molecular flexibility index (Phi) is 1.07. The maximum absolute atomic E-state index is 8.96. The SMILES string of the molecule is Oc1cnc2cnsc2c1. The molecule has 3 nitrogen and oxygen atoms in total. The van der Waals surface area contributed by atoms with E-state index in [1.54, 1.807) is 12.3 Å². The highest BCUT2D eigenvalue weighted by atomic mass is 32.1. The molecule has 0 aliphatic heterocycles. The molecule has 2 aromatic rings. The van der Waals surface area contributed by atoms with Gasteiger partial charge in [-0.25, -0.2) is 4.98 Å². The third kappa shape index (κ3) is 0.733. The normalized spacial score (nSPS) is 10.4. The maximum Gasteiger partial charge on any atom is 0.135 e. The van der Waals surface area contributed by atoms with Crippen molar-refractivity contribution in [1.82, 2.24) is 9.36 Å². The van der Waals surface area contributed by atoms with Gasteiger partial charge in [0.2, 0.25) is 0 Å². The van der Waals surface area contributed by atoms with E-state index in [2.05, 4.69) is 9.36 Å². The van der Waals surface area contributed by atoms with Gasteiger partial charge < -0.3 is 5.11 Å². The first-order chi connectivity index (χ1) is 4.86. The van der Waals surface area contributed by atoms with Crippen LogP contribution < -0.4 is 0 Å². The van der Waals surface area contributed by atoms with Crippen LogP contribution in [0.2, 0.25) is 0 Å². The topological polar surface area (TPSA) is 46.0 Å². The second-order valence-corrected chi connectivity index (χ2v) is 2.74. The average molecular weight is 152 g/mol. The zero-order valence-electron chi connectivity index (χ0n) is 4.98. The fourth-order valence-electron chi connectivity index (χ4n) is 0.748. The first-order valence-corrected chi connectivity index (χ1v) is 3.53. The quantitative estimate of drug-likeness (QED) is 0.620. The molecule has 2 heterocycles. The van der Waals surface area contributed by atoms with Crippen molar-refractivity contribution in [3.63, 3.8) is 0 Å². The Bertz CT molecular complexity index is 357. The zero-order chi connectivity index (χ0) is 6.97. The van der Waals surface area contributed by atoms with Gasteiger partial charge >= 0.3 is 0 Å². The van der Waals surface area contributed by atoms with E-state index >= 15 is 0 Å². The maximum atomic E-state index is 8.96. The molecule has 50 valence electrons. The minimum absolute atomic E-state index is 0.191. The van der Waals surface area contributed by atoms with Crippen LogP contribution >= 0.6 is 11.5 Å². The van der Waals surface area contributed by atoms with Gasteiger partial charge in [0.15, 0.2) is 0 Å². The minimum atomic E-state index is 0.191. The fourth-order valence-corrected chi connectivity index (χ4v) is 1.39. The molecule has 0 unspecified atom stereocenters. The van der Waals surface area contributed by atoms with Gasteiger partial charge in [0, 0.05) is 6.07 Å². The summed E-state index contributed by atoms with van der Waals surface area (Å²) in [5.74, 6) is 0.191. The molecule has 2 aromatic heterocycles. The van der Waals surface area contributed by atoms with Crippen molar-refractivity contribution in [2.75, 3.05) is 0 Å². The summed E-state index contributed by atoms with van der Waals surface area (Å²) in [6.45, 7) is 0. The molecule has 0 fully saturated rings. The summed E-state index contributed by atoms with van der Waals surface area (Å²) >= 11 is 1.33. The van der Waals surface area contributed by atoms with Gasteiger partial charge in [0.25, 0.3) is 0 Å². The summed E-state index contributed by atoms with van der Waals surface area (Å²) < 4.78 is 4.83. The molecule has 0 aliphatic rings. The molecule has 0 saturated heterocycles. The van der Waals surface area contributed by atoms with Crippen LogP contribution in [-0.4, -0.2) is 14.5 Å². The Morgan fingerprint density at radius 3 is 3.20 bits per heavy atom. The van der Waals surface area contributed by atoms with E-state index in [-0.39, 0.29) is 5.75 Å². The summed E-state index contributed by atoms with van der Waals surface area (Å²) in [4.78, 5) is 3.94. The monoisotopic (exact) mass is 152 g/mol. The predicted octanol–water partition coefficient (Wildman–Crippen LogP) is 1.40. The minimum Gasteiger partial charge on any atom is -0.506 e. The number of aromatic hydroxyl groups is 1. The highest BCUT2D eigenvalue weighted by Crippen LogP contribution is 2.19. The summed E-state index contributed by atoms with van der Waals surface area (Å²) in [5, 5.41) is 8.96. The molecular formula is C6H4N2OS. The molecule has 2 rings (SSSR count). The van der Waals surface area contributed by atoms with Crippen molar-refractivity contribution in [3.8, 4) is 5.75 Å². The molecule has 0 aromatic carbocycles. The fraction of sp³-hybridized carbons (Fsp3) is 0. The second-order valence-electron chi connectivity index (χ2n) is 1.90. The summed E-state index contributed by atoms with van der Waals surface area (Å²) in [6.07, 6.45) is 3.09. The number of pyridine rings is 1. The van der Waals surface area contributed by atoms with E-state index in [1.165, 1.54) is 17.7 Å². The van der Waals surface area contributed by atoms with Crippen LogP contribution in [0.1, 0.15) is 0 Å². The number of hydrogen-bond acceptors (Lipinski definition) is 4. The number of fused-ring (bicyclic) bond motifs is 1. The van der Waals surface area contributed by atoms with Crippen LogP contribution in [0.25, 0.3) is 10.2 Å². The molecule has 1 N–H and O–H groups in total. The van der Waals surface area contributed by atoms with Gasteiger partial charge in [-0.2, -0.15) is 4.37 Å². The lowest BCUT2D eigenvalue weighted by molar-refractivity contribution is 0.474. The Morgan fingerprint density at radius 1 is 1.40 bits per heavy atom. The molecule has 0 amide bonds. The highest BCUT2D eigenvalue weighted by Gasteiger charge is 1.96. The van der Waals surface area contributed by atoms with Crippen molar-refractivity contribution in [2.45, 2.75) is 0 Å². The molecule has 0 atom stereocenters. The summed E-state index contributed by atoms with van der Waals surface area (Å²) in [5.41, 5.74) is 0.836. The molecular weight excluding hydrogens is 148 g/mol. The largest absolute Gasteiger partial charge is 0.506 e. The van der Waals surface area contributed by atoms with Gasteiger partial charge in [0.05, 0.1) is 17.1 Å². The summed E-state index contributed by atoms with van der Waals surface area (Å²) in [7, 11) is 0. The average Bonchev–Trinajstić information content (AvgIpc) is 2.33. The Labute approximate surface area is 61.1 Å². The number of rotatable bonds is 0. The molecule has 0 saturated carbocycles. The first-order valence-electron chi connectivity index (χ1n) is 2.76. The van der Waals surface area contributed by atoms with E-state index in [4.69, 9.17) is 5.11 Å². The lowest BCUT2D eigenvalue weighted by Crippen LogP contribution is -1.69. The number of hydrogen-bond donors (Lipinski definition) is 1. The zero-order valence-corrected chi connectivity index (χ0v) is 5.80. The van der Waals surface area contributed by atoms with Crippen molar-refractivity contribution < 1.29 is 5.11 Å². The predicted molar refractivity (Wildman–Crippen MR) is 39.1 cm³/mol. The lowest BCUT2D eigenvalue weighted by Gasteiger charge is -1.87. The van der Waals surface area contributed by atoms with E-state index in [1.807, 2.05) is 0 Å². The molecule has 10 heavy (non-hydrogen) atoms. The van der Waals surface area contributed by atoms with Gasteiger partial charge in [-0.3, -0.25) is 0 Å². The van der Waals surface area contributed by atoms with Crippen LogP contribution in [0.4, 0.5) is 0 Å². The van der Waals surface area contributed by atoms with Crippen LogP contribution in [0.3, 0.4) is 0 Å². The van der Waals surface area contributed by atoms with Crippen LogP contribution in [0.5, 0.6) is 5.75 Å². The van der Waals surface area contributed by atoms with Gasteiger partial charge in [-0.1, -0.05) is 0 Å². The molecule has 4 heteroatoms. The van der Waals surface area contributed by atoms with Crippen LogP contribution in [0.15, 0.2) is 18.5 Å². The summed E-state index contributed by atoms with van der Waals surface area (Å²) in [6, 6.07) is 1.65. The number of nitrogens with zero attached hydrogens (tertiary/aromatic N) is 2. The highest BCUT2D eigenvalue weighted by molar-refractivity contribution is 7.13. The molecule has 0 spiro atoms.